The molecule has 2 unspecified atom stereocenters. The molecule has 86 valence electrons. The van der Waals surface area contributed by atoms with Crippen LogP contribution in [0.5, 0.6) is 0 Å². The van der Waals surface area contributed by atoms with Crippen molar-refractivity contribution in [1.29, 1.82) is 0 Å². The molecular weight excluding hydrogens is 212 g/mol. The van der Waals surface area contributed by atoms with Crippen LogP contribution < -0.4 is 0 Å². The zero-order valence-electron chi connectivity index (χ0n) is 10.0. The van der Waals surface area contributed by atoms with Crippen LogP contribution in [0.3, 0.4) is 0 Å². The maximum Gasteiger partial charge on any atom is 0.0150 e. The van der Waals surface area contributed by atoms with E-state index in [0.717, 1.165) is 17.8 Å². The number of fused-ring (bicyclic) bond motifs is 2. The van der Waals surface area contributed by atoms with Gasteiger partial charge in [0.05, 0.1) is 0 Å². The molecule has 1 saturated carbocycles. The molecule has 0 N–H and O–H groups in total. The van der Waals surface area contributed by atoms with Gasteiger partial charge in [-0.15, -0.1) is 0 Å². The smallest absolute Gasteiger partial charge is 0.0150 e. The molecule has 0 bridgehead atoms. The summed E-state index contributed by atoms with van der Waals surface area (Å²) in [6, 6.07) is 0. The number of hydrogen-bond acceptors (Lipinski definition) is 1. The Morgan fingerprint density at radius 1 is 1.31 bits per heavy atom. The highest BCUT2D eigenvalue weighted by Crippen LogP contribution is 2.44. The minimum absolute atomic E-state index is 0.750. The summed E-state index contributed by atoms with van der Waals surface area (Å²) in [4.78, 5) is 0. The van der Waals surface area contributed by atoms with E-state index >= 15 is 0 Å². The lowest BCUT2D eigenvalue weighted by Gasteiger charge is -2.34. The van der Waals surface area contributed by atoms with Crippen molar-refractivity contribution in [1.82, 2.24) is 0 Å². The van der Waals surface area contributed by atoms with Crippen LogP contribution in [0.25, 0.3) is 0 Å². The molecule has 0 amide bonds. The van der Waals surface area contributed by atoms with Gasteiger partial charge in [-0.25, -0.2) is 0 Å². The average Bonchev–Trinajstić information content (AvgIpc) is 2.71. The Kier molecular flexibility index (Phi) is 2.75. The van der Waals surface area contributed by atoms with Crippen molar-refractivity contribution in [3.05, 3.63) is 35.5 Å². The van der Waals surface area contributed by atoms with Crippen LogP contribution in [-0.4, -0.2) is 11.5 Å². The first-order chi connectivity index (χ1) is 7.74. The highest BCUT2D eigenvalue weighted by atomic mass is 32.2. The maximum atomic E-state index is 4.14. The van der Waals surface area contributed by atoms with E-state index in [1.54, 1.807) is 11.1 Å². The maximum absolute atomic E-state index is 4.14. The Morgan fingerprint density at radius 2 is 2.12 bits per heavy atom. The fourth-order valence-electron chi connectivity index (χ4n) is 3.29. The molecular formula is C15H20S. The van der Waals surface area contributed by atoms with Crippen molar-refractivity contribution >= 4 is 11.8 Å². The van der Waals surface area contributed by atoms with E-state index in [1.165, 1.54) is 36.3 Å². The number of thioether (sulfide) groups is 1. The predicted octanol–water partition coefficient (Wildman–Crippen LogP) is 4.21. The van der Waals surface area contributed by atoms with E-state index in [2.05, 4.69) is 37.4 Å². The Morgan fingerprint density at radius 3 is 2.94 bits per heavy atom. The Hall–Kier alpha value is -0.430. The second kappa shape index (κ2) is 4.10. The van der Waals surface area contributed by atoms with Crippen molar-refractivity contribution in [3.63, 3.8) is 0 Å². The van der Waals surface area contributed by atoms with Gasteiger partial charge < -0.3 is 0 Å². The molecule has 3 atom stereocenters. The summed E-state index contributed by atoms with van der Waals surface area (Å²) in [7, 11) is 0. The lowest BCUT2D eigenvalue weighted by atomic mass is 9.71. The van der Waals surface area contributed by atoms with Gasteiger partial charge in [-0.2, -0.15) is 11.8 Å². The number of allylic oxidation sites excluding steroid dienone is 4. The number of rotatable bonds is 1. The third kappa shape index (κ3) is 1.79. The Balaban J connectivity index is 1.81. The SMILES string of the molecule is C=C(C)C1CCC2=C[C@@H]3CSCC3=CC2C1. The summed E-state index contributed by atoms with van der Waals surface area (Å²) in [6.45, 7) is 6.34. The van der Waals surface area contributed by atoms with Crippen LogP contribution in [0, 0.1) is 17.8 Å². The standard InChI is InChI=1S/C15H20S/c1-10(2)11-3-4-12-6-14-8-16-9-15(14)7-13(12)5-11/h6-7,11,13-14H,1,3-5,8-9H2,2H3/t11?,13?,14-/m1/s1. The Bertz CT molecular complexity index is 375. The summed E-state index contributed by atoms with van der Waals surface area (Å²) in [6.07, 6.45) is 9.15. The van der Waals surface area contributed by atoms with Crippen LogP contribution in [0.4, 0.5) is 0 Å². The molecule has 0 radical (unpaired) electrons. The molecule has 0 nitrogen and oxygen atoms in total. The second-order valence-electron chi connectivity index (χ2n) is 5.53. The van der Waals surface area contributed by atoms with E-state index in [4.69, 9.17) is 0 Å². The van der Waals surface area contributed by atoms with Gasteiger partial charge in [0, 0.05) is 17.4 Å². The van der Waals surface area contributed by atoms with E-state index < -0.39 is 0 Å². The third-order valence-electron chi connectivity index (χ3n) is 4.37. The van der Waals surface area contributed by atoms with E-state index in [9.17, 15) is 0 Å². The van der Waals surface area contributed by atoms with Gasteiger partial charge in [-0.3, -0.25) is 0 Å². The van der Waals surface area contributed by atoms with Crippen molar-refractivity contribution in [3.8, 4) is 0 Å². The van der Waals surface area contributed by atoms with Crippen LogP contribution in [0.2, 0.25) is 0 Å². The average molecular weight is 232 g/mol. The zero-order valence-corrected chi connectivity index (χ0v) is 10.9. The molecule has 0 aromatic rings. The van der Waals surface area contributed by atoms with Crippen LogP contribution in [0.1, 0.15) is 26.2 Å². The molecule has 2 fully saturated rings. The van der Waals surface area contributed by atoms with Gasteiger partial charge in [0.1, 0.15) is 0 Å². The molecule has 3 aliphatic rings. The van der Waals surface area contributed by atoms with Crippen LogP contribution in [-0.2, 0) is 0 Å². The molecule has 3 rings (SSSR count). The van der Waals surface area contributed by atoms with Crippen molar-refractivity contribution in [2.75, 3.05) is 11.5 Å². The highest BCUT2D eigenvalue weighted by Gasteiger charge is 2.31. The first-order valence-corrected chi connectivity index (χ1v) is 7.54. The minimum Gasteiger partial charge on any atom is -0.157 e. The topological polar surface area (TPSA) is 0 Å². The first-order valence-electron chi connectivity index (χ1n) is 6.38. The van der Waals surface area contributed by atoms with Gasteiger partial charge in [-0.1, -0.05) is 35.5 Å². The van der Waals surface area contributed by atoms with Gasteiger partial charge in [0.2, 0.25) is 0 Å². The summed E-state index contributed by atoms with van der Waals surface area (Å²) in [5.74, 6) is 4.91. The van der Waals surface area contributed by atoms with E-state index in [0.29, 0.717) is 0 Å². The number of hydrogen-bond donors (Lipinski definition) is 0. The van der Waals surface area contributed by atoms with Gasteiger partial charge >= 0.3 is 0 Å². The normalized spacial score (nSPS) is 37.2. The lowest BCUT2D eigenvalue weighted by molar-refractivity contribution is 0.404. The fourth-order valence-corrected chi connectivity index (χ4v) is 4.52. The second-order valence-corrected chi connectivity index (χ2v) is 6.56. The molecule has 1 heterocycles. The summed E-state index contributed by atoms with van der Waals surface area (Å²) in [5.41, 5.74) is 4.83. The summed E-state index contributed by atoms with van der Waals surface area (Å²) >= 11 is 2.10. The van der Waals surface area contributed by atoms with Crippen LogP contribution in [0.15, 0.2) is 35.5 Å². The molecule has 0 spiro atoms. The molecule has 16 heavy (non-hydrogen) atoms. The molecule has 0 aromatic carbocycles. The lowest BCUT2D eigenvalue weighted by Crippen LogP contribution is -2.21. The molecule has 0 aromatic heterocycles. The van der Waals surface area contributed by atoms with Gasteiger partial charge in [-0.05, 0) is 38.0 Å². The first kappa shape index (κ1) is 10.7. The van der Waals surface area contributed by atoms with Crippen LogP contribution >= 0.6 is 11.8 Å². The van der Waals surface area contributed by atoms with Gasteiger partial charge in [0.15, 0.2) is 0 Å². The Labute approximate surface area is 103 Å². The van der Waals surface area contributed by atoms with E-state index in [1.807, 2.05) is 0 Å². The predicted molar refractivity (Wildman–Crippen MR) is 72.6 cm³/mol. The third-order valence-corrected chi connectivity index (χ3v) is 5.50. The summed E-state index contributed by atoms with van der Waals surface area (Å²) in [5, 5.41) is 0. The molecule has 1 heteroatoms. The monoisotopic (exact) mass is 232 g/mol. The zero-order chi connectivity index (χ0) is 11.1. The van der Waals surface area contributed by atoms with E-state index in [-0.39, 0.29) is 0 Å². The fraction of sp³-hybridized carbons (Fsp3) is 0.600. The largest absolute Gasteiger partial charge is 0.157 e. The molecule has 2 aliphatic carbocycles. The summed E-state index contributed by atoms with van der Waals surface area (Å²) < 4.78 is 0. The quantitative estimate of drug-likeness (QED) is 0.610. The minimum atomic E-state index is 0.750. The van der Waals surface area contributed by atoms with Crippen molar-refractivity contribution in [2.45, 2.75) is 26.2 Å². The van der Waals surface area contributed by atoms with Crippen molar-refractivity contribution in [2.24, 2.45) is 17.8 Å². The van der Waals surface area contributed by atoms with Gasteiger partial charge in [0.25, 0.3) is 0 Å². The van der Waals surface area contributed by atoms with Crippen molar-refractivity contribution < 1.29 is 0 Å². The highest BCUT2D eigenvalue weighted by molar-refractivity contribution is 7.99. The molecule has 1 aliphatic heterocycles. The molecule has 1 saturated heterocycles.